The van der Waals surface area contributed by atoms with E-state index in [-0.39, 0.29) is 18.0 Å². The van der Waals surface area contributed by atoms with Crippen LogP contribution in [-0.2, 0) is 10.9 Å². The lowest BCUT2D eigenvalue weighted by Crippen LogP contribution is -2.52. The van der Waals surface area contributed by atoms with Crippen molar-refractivity contribution in [2.24, 2.45) is 5.92 Å². The number of halogens is 3. The fourth-order valence-electron chi connectivity index (χ4n) is 2.79. The number of nitrogens with zero attached hydrogens (tertiary/aromatic N) is 1. The minimum atomic E-state index is -4.40. The number of hydrogen-bond donors (Lipinski definition) is 1. The summed E-state index contributed by atoms with van der Waals surface area (Å²) in [6.07, 6.45) is -4.40. The highest BCUT2D eigenvalue weighted by Gasteiger charge is 2.32. The summed E-state index contributed by atoms with van der Waals surface area (Å²) in [4.78, 5) is 14.2. The van der Waals surface area contributed by atoms with E-state index in [1.54, 1.807) is 11.0 Å². The molecule has 0 bridgehead atoms. The van der Waals surface area contributed by atoms with Gasteiger partial charge < -0.3 is 15.0 Å². The zero-order valence-corrected chi connectivity index (χ0v) is 14.1. The molecular weight excluding hydrogens is 321 g/mol. The summed E-state index contributed by atoms with van der Waals surface area (Å²) in [5, 5.41) is 2.88. The van der Waals surface area contributed by atoms with Crippen molar-refractivity contribution in [2.75, 3.05) is 19.8 Å². The van der Waals surface area contributed by atoms with Crippen LogP contribution in [0.2, 0.25) is 0 Å². The number of rotatable bonds is 3. The van der Waals surface area contributed by atoms with E-state index in [9.17, 15) is 18.0 Å². The molecule has 0 unspecified atom stereocenters. The van der Waals surface area contributed by atoms with Crippen LogP contribution in [0.15, 0.2) is 24.3 Å². The van der Waals surface area contributed by atoms with Gasteiger partial charge in [0.25, 0.3) is 0 Å². The zero-order chi connectivity index (χ0) is 17.9. The standard InChI is InChI=1S/C17H23F3N2O2/c1-11(2)15(13-5-4-6-14(9-13)17(18,19)20)21-16(23)22-7-8-24-10-12(22)3/h4-6,9,11-12,15H,7-8,10H2,1-3H3,(H,21,23)/t12-,15-/m1/s1. The average molecular weight is 344 g/mol. The first-order valence-corrected chi connectivity index (χ1v) is 8.02. The summed E-state index contributed by atoms with van der Waals surface area (Å²) in [6.45, 7) is 7.02. The van der Waals surface area contributed by atoms with Gasteiger partial charge in [-0.25, -0.2) is 4.79 Å². The minimum absolute atomic E-state index is 0.0474. The Bertz CT molecular complexity index is 575. The lowest BCUT2D eigenvalue weighted by molar-refractivity contribution is -0.137. The molecule has 0 aromatic heterocycles. The predicted octanol–water partition coefficient (Wildman–Crippen LogP) is 3.83. The molecule has 1 aromatic rings. The third kappa shape index (κ3) is 4.41. The van der Waals surface area contributed by atoms with Crippen LogP contribution in [0.1, 0.15) is 37.9 Å². The molecule has 1 aliphatic rings. The molecular formula is C17H23F3N2O2. The van der Waals surface area contributed by atoms with Gasteiger partial charge in [0.15, 0.2) is 0 Å². The number of carbonyl (C=O) groups is 1. The Morgan fingerprint density at radius 1 is 1.38 bits per heavy atom. The van der Waals surface area contributed by atoms with Crippen LogP contribution in [-0.4, -0.2) is 36.7 Å². The molecule has 2 amide bonds. The highest BCUT2D eigenvalue weighted by molar-refractivity contribution is 5.75. The SMILES string of the molecule is CC(C)[C@@H](NC(=O)N1CCOC[C@H]1C)c1cccc(C(F)(F)F)c1. The largest absolute Gasteiger partial charge is 0.416 e. The molecule has 1 aromatic carbocycles. The van der Waals surface area contributed by atoms with Gasteiger partial charge in [-0.15, -0.1) is 0 Å². The third-order valence-corrected chi connectivity index (χ3v) is 4.15. The van der Waals surface area contributed by atoms with E-state index in [0.717, 1.165) is 12.1 Å². The first-order chi connectivity index (χ1) is 11.2. The summed E-state index contributed by atoms with van der Waals surface area (Å²) in [5.74, 6) is -0.0474. The van der Waals surface area contributed by atoms with Crippen LogP contribution in [0.4, 0.5) is 18.0 Å². The molecule has 7 heteroatoms. The van der Waals surface area contributed by atoms with Crippen molar-refractivity contribution in [3.63, 3.8) is 0 Å². The number of benzene rings is 1. The maximum absolute atomic E-state index is 12.9. The smallest absolute Gasteiger partial charge is 0.377 e. The van der Waals surface area contributed by atoms with E-state index in [2.05, 4.69) is 5.32 Å². The molecule has 1 aliphatic heterocycles. The number of hydrogen-bond acceptors (Lipinski definition) is 2. The second kappa shape index (κ2) is 7.42. The molecule has 2 rings (SSSR count). The van der Waals surface area contributed by atoms with Gasteiger partial charge in [0.05, 0.1) is 30.9 Å². The van der Waals surface area contributed by atoms with E-state index >= 15 is 0 Å². The van der Waals surface area contributed by atoms with Crippen molar-refractivity contribution in [3.05, 3.63) is 35.4 Å². The number of alkyl halides is 3. The molecule has 134 valence electrons. The number of amides is 2. The quantitative estimate of drug-likeness (QED) is 0.905. The Labute approximate surface area is 140 Å². The van der Waals surface area contributed by atoms with E-state index in [1.165, 1.54) is 6.07 Å². The summed E-state index contributed by atoms with van der Waals surface area (Å²) in [5.41, 5.74) is -0.256. The van der Waals surface area contributed by atoms with Crippen molar-refractivity contribution in [1.82, 2.24) is 10.2 Å². The Hall–Kier alpha value is -1.76. The normalized spacial score (nSPS) is 20.1. The van der Waals surface area contributed by atoms with Gasteiger partial charge in [0.1, 0.15) is 0 Å². The topological polar surface area (TPSA) is 41.6 Å². The van der Waals surface area contributed by atoms with Crippen molar-refractivity contribution in [3.8, 4) is 0 Å². The number of morpholine rings is 1. The number of urea groups is 1. The van der Waals surface area contributed by atoms with Gasteiger partial charge in [-0.2, -0.15) is 13.2 Å². The Kier molecular flexibility index (Phi) is 5.74. The second-order valence-corrected chi connectivity index (χ2v) is 6.41. The van der Waals surface area contributed by atoms with Gasteiger partial charge in [0, 0.05) is 6.54 Å². The molecule has 1 N–H and O–H groups in total. The molecule has 0 aliphatic carbocycles. The van der Waals surface area contributed by atoms with Crippen LogP contribution >= 0.6 is 0 Å². The molecule has 4 nitrogen and oxygen atoms in total. The van der Waals surface area contributed by atoms with Gasteiger partial charge in [-0.05, 0) is 30.5 Å². The van der Waals surface area contributed by atoms with E-state index in [1.807, 2.05) is 20.8 Å². The predicted molar refractivity (Wildman–Crippen MR) is 84.5 cm³/mol. The zero-order valence-electron chi connectivity index (χ0n) is 14.1. The second-order valence-electron chi connectivity index (χ2n) is 6.41. The molecule has 24 heavy (non-hydrogen) atoms. The van der Waals surface area contributed by atoms with Crippen molar-refractivity contribution < 1.29 is 22.7 Å². The molecule has 0 spiro atoms. The minimum Gasteiger partial charge on any atom is -0.377 e. The third-order valence-electron chi connectivity index (χ3n) is 4.15. The van der Waals surface area contributed by atoms with Crippen molar-refractivity contribution >= 4 is 6.03 Å². The lowest BCUT2D eigenvalue weighted by atomic mass is 9.94. The molecule has 1 saturated heterocycles. The lowest BCUT2D eigenvalue weighted by Gasteiger charge is -2.35. The van der Waals surface area contributed by atoms with Crippen LogP contribution < -0.4 is 5.32 Å². The number of nitrogens with one attached hydrogen (secondary N) is 1. The fourth-order valence-corrected chi connectivity index (χ4v) is 2.79. The molecule has 1 heterocycles. The molecule has 0 saturated carbocycles. The number of carbonyl (C=O) groups excluding carboxylic acids is 1. The van der Waals surface area contributed by atoms with Gasteiger partial charge in [0.2, 0.25) is 0 Å². The van der Waals surface area contributed by atoms with Crippen LogP contribution in [0.5, 0.6) is 0 Å². The van der Waals surface area contributed by atoms with Gasteiger partial charge in [-0.1, -0.05) is 26.0 Å². The van der Waals surface area contributed by atoms with E-state index in [0.29, 0.717) is 25.3 Å². The van der Waals surface area contributed by atoms with E-state index < -0.39 is 17.8 Å². The summed E-state index contributed by atoms with van der Waals surface area (Å²) in [6, 6.07) is 4.30. The van der Waals surface area contributed by atoms with Crippen molar-refractivity contribution in [1.29, 1.82) is 0 Å². The highest BCUT2D eigenvalue weighted by atomic mass is 19.4. The summed E-state index contributed by atoms with van der Waals surface area (Å²) >= 11 is 0. The Balaban J connectivity index is 2.19. The van der Waals surface area contributed by atoms with Crippen LogP contribution in [0, 0.1) is 5.92 Å². The van der Waals surface area contributed by atoms with Crippen LogP contribution in [0.3, 0.4) is 0 Å². The molecule has 0 radical (unpaired) electrons. The molecule has 1 fully saturated rings. The van der Waals surface area contributed by atoms with Crippen LogP contribution in [0.25, 0.3) is 0 Å². The Morgan fingerprint density at radius 3 is 2.67 bits per heavy atom. The van der Waals surface area contributed by atoms with Gasteiger partial charge >= 0.3 is 12.2 Å². The Morgan fingerprint density at radius 2 is 2.08 bits per heavy atom. The maximum atomic E-state index is 12.9. The number of ether oxygens (including phenoxy) is 1. The first-order valence-electron chi connectivity index (χ1n) is 8.02. The van der Waals surface area contributed by atoms with E-state index in [4.69, 9.17) is 4.74 Å². The fraction of sp³-hybridized carbons (Fsp3) is 0.588. The first kappa shape index (κ1) is 18.6. The molecule has 2 atom stereocenters. The highest BCUT2D eigenvalue weighted by Crippen LogP contribution is 2.32. The summed E-state index contributed by atoms with van der Waals surface area (Å²) in [7, 11) is 0. The summed E-state index contributed by atoms with van der Waals surface area (Å²) < 4.78 is 44.1. The van der Waals surface area contributed by atoms with Crippen molar-refractivity contribution in [2.45, 2.75) is 39.0 Å². The average Bonchev–Trinajstić information content (AvgIpc) is 2.52. The van der Waals surface area contributed by atoms with Gasteiger partial charge in [-0.3, -0.25) is 0 Å². The maximum Gasteiger partial charge on any atom is 0.416 e. The monoisotopic (exact) mass is 344 g/mol.